The molecule has 0 N–H and O–H groups in total. The minimum Gasteiger partial charge on any atom is -0.126 e. The van der Waals surface area contributed by atoms with Crippen LogP contribution in [0.15, 0.2) is 46.6 Å². The topological polar surface area (TPSA) is 0 Å². The zero-order valence-electron chi connectivity index (χ0n) is 15.4. The summed E-state index contributed by atoms with van der Waals surface area (Å²) in [5, 5.41) is 0. The van der Waals surface area contributed by atoms with Gasteiger partial charge in [-0.05, 0) is 30.4 Å². The van der Waals surface area contributed by atoms with Crippen molar-refractivity contribution in [3.63, 3.8) is 0 Å². The van der Waals surface area contributed by atoms with E-state index in [9.17, 15) is 0 Å². The van der Waals surface area contributed by atoms with Crippen molar-refractivity contribution in [1.29, 1.82) is 0 Å². The lowest BCUT2D eigenvalue weighted by Crippen LogP contribution is -2.17. The summed E-state index contributed by atoms with van der Waals surface area (Å²) in [6.07, 6.45) is 12.4. The van der Waals surface area contributed by atoms with E-state index in [1.54, 1.807) is 0 Å². The van der Waals surface area contributed by atoms with E-state index in [1.807, 2.05) is 0 Å². The Morgan fingerprint density at radius 1 is 0.826 bits per heavy atom. The van der Waals surface area contributed by atoms with Gasteiger partial charge in [-0.1, -0.05) is 75.4 Å². The molecule has 0 heterocycles. The molecule has 0 aliphatic heterocycles. The van der Waals surface area contributed by atoms with E-state index >= 15 is 0 Å². The smallest absolute Gasteiger partial charge is 0.126 e. The van der Waals surface area contributed by atoms with E-state index in [0.717, 1.165) is 12.0 Å². The van der Waals surface area contributed by atoms with Crippen LogP contribution in [0.1, 0.15) is 19.3 Å². The number of hydrogen-bond acceptors (Lipinski definition) is 0. The van der Waals surface area contributed by atoms with Crippen LogP contribution in [0.4, 0.5) is 0 Å². The molecule has 0 spiro atoms. The highest BCUT2D eigenvalue weighted by Crippen LogP contribution is 2.35. The van der Waals surface area contributed by atoms with Gasteiger partial charge in [-0.3, -0.25) is 0 Å². The summed E-state index contributed by atoms with van der Waals surface area (Å²) in [4.78, 5) is 0. The molecule has 0 saturated carbocycles. The van der Waals surface area contributed by atoms with E-state index in [4.69, 9.17) is 0 Å². The van der Waals surface area contributed by atoms with Crippen LogP contribution in [0.3, 0.4) is 0 Å². The summed E-state index contributed by atoms with van der Waals surface area (Å²) in [6.45, 7) is 13.7. The summed E-state index contributed by atoms with van der Waals surface area (Å²) in [7, 11) is -2.82. The predicted molar refractivity (Wildman–Crippen MR) is 108 cm³/mol. The monoisotopic (exact) mass is 336 g/mol. The van der Waals surface area contributed by atoms with Crippen molar-refractivity contribution in [3.8, 4) is 22.9 Å². The van der Waals surface area contributed by atoms with E-state index in [-0.39, 0.29) is 0 Å². The zero-order valence-corrected chi connectivity index (χ0v) is 17.4. The van der Waals surface area contributed by atoms with E-state index in [1.165, 1.54) is 29.6 Å². The molecule has 0 unspecified atom stereocenters. The maximum atomic E-state index is 3.52. The second-order valence-corrected chi connectivity index (χ2v) is 17.9. The van der Waals surface area contributed by atoms with Crippen molar-refractivity contribution < 1.29 is 0 Å². The van der Waals surface area contributed by atoms with Crippen molar-refractivity contribution in [1.82, 2.24) is 0 Å². The first-order valence-corrected chi connectivity index (χ1v) is 15.5. The van der Waals surface area contributed by atoms with Crippen LogP contribution in [-0.4, -0.2) is 16.1 Å². The molecule has 23 heavy (non-hydrogen) atoms. The van der Waals surface area contributed by atoms with Crippen LogP contribution in [0.5, 0.6) is 0 Å². The minimum atomic E-state index is -1.41. The van der Waals surface area contributed by atoms with Gasteiger partial charge >= 0.3 is 0 Å². The molecule has 0 atom stereocenters. The first-order valence-electron chi connectivity index (χ1n) is 8.53. The molecule has 0 radical (unpaired) electrons. The van der Waals surface area contributed by atoms with Gasteiger partial charge in [0.1, 0.15) is 16.1 Å². The first kappa shape index (κ1) is 17.9. The standard InChI is InChI=1S/C21H28Si2/c1-22(2,3)16-14-19(15-17-23(4,5)6)20-12-8-7-10-18-11-9-13-21(18)20/h7-8,10,12H,9,11,13H2,1-6H3. The molecule has 0 aromatic heterocycles. The molecule has 0 amide bonds. The summed E-state index contributed by atoms with van der Waals surface area (Å²) < 4.78 is 0. The predicted octanol–water partition coefficient (Wildman–Crippen LogP) is 5.65. The Balaban J connectivity index is 2.60. The van der Waals surface area contributed by atoms with Gasteiger partial charge < -0.3 is 0 Å². The van der Waals surface area contributed by atoms with Gasteiger partial charge in [0.25, 0.3) is 0 Å². The number of allylic oxidation sites excluding steroid dienone is 8. The zero-order chi connectivity index (χ0) is 17.1. The van der Waals surface area contributed by atoms with Crippen molar-refractivity contribution in [2.45, 2.75) is 58.5 Å². The van der Waals surface area contributed by atoms with E-state index in [2.05, 4.69) is 86.5 Å². The summed E-state index contributed by atoms with van der Waals surface area (Å²) in [6, 6.07) is 0. The van der Waals surface area contributed by atoms with Gasteiger partial charge in [-0.2, -0.15) is 0 Å². The molecular formula is C21H28Si2. The van der Waals surface area contributed by atoms with Crippen LogP contribution >= 0.6 is 0 Å². The highest BCUT2D eigenvalue weighted by Gasteiger charge is 2.19. The Bertz CT molecular complexity index is 687. The maximum absolute atomic E-state index is 3.52. The Hall–Kier alpha value is -1.49. The SMILES string of the molecule is C[Si](C)(C)C#CC(C#C[Si](C)(C)C)=C1C=CC=CC2=C1CCC2. The first-order chi connectivity index (χ1) is 10.7. The third kappa shape index (κ3) is 5.57. The van der Waals surface area contributed by atoms with E-state index < -0.39 is 16.1 Å². The van der Waals surface area contributed by atoms with Crippen molar-refractivity contribution in [2.24, 2.45) is 0 Å². The van der Waals surface area contributed by atoms with Crippen molar-refractivity contribution in [3.05, 3.63) is 46.6 Å². The van der Waals surface area contributed by atoms with Gasteiger partial charge in [-0.25, -0.2) is 0 Å². The molecule has 0 aromatic rings. The van der Waals surface area contributed by atoms with Gasteiger partial charge in [0.2, 0.25) is 0 Å². The summed E-state index contributed by atoms with van der Waals surface area (Å²) >= 11 is 0. The third-order valence-electron chi connectivity index (χ3n) is 3.65. The molecule has 2 aliphatic rings. The number of hydrogen-bond donors (Lipinski definition) is 0. The van der Waals surface area contributed by atoms with Crippen molar-refractivity contribution in [2.75, 3.05) is 0 Å². The highest BCUT2D eigenvalue weighted by molar-refractivity contribution is 6.84. The average Bonchev–Trinajstić information content (AvgIpc) is 2.78. The fourth-order valence-corrected chi connectivity index (χ4v) is 3.58. The second-order valence-electron chi connectivity index (χ2n) is 8.36. The fraction of sp³-hybridized carbons (Fsp3) is 0.429. The van der Waals surface area contributed by atoms with Gasteiger partial charge in [-0.15, -0.1) is 11.1 Å². The molecular weight excluding hydrogens is 308 g/mol. The lowest BCUT2D eigenvalue weighted by Gasteiger charge is -2.09. The molecule has 2 aliphatic carbocycles. The lowest BCUT2D eigenvalue weighted by atomic mass is 9.98. The largest absolute Gasteiger partial charge is 0.129 e. The van der Waals surface area contributed by atoms with Crippen LogP contribution in [0, 0.1) is 22.9 Å². The molecule has 2 rings (SSSR count). The molecule has 120 valence electrons. The highest BCUT2D eigenvalue weighted by atomic mass is 28.3. The minimum absolute atomic E-state index is 1.05. The van der Waals surface area contributed by atoms with Gasteiger partial charge in [0.05, 0.1) is 5.57 Å². The summed E-state index contributed by atoms with van der Waals surface area (Å²) in [5.41, 5.74) is 12.3. The molecule has 0 saturated heterocycles. The Morgan fingerprint density at radius 2 is 1.39 bits per heavy atom. The Morgan fingerprint density at radius 3 is 1.96 bits per heavy atom. The Kier molecular flexibility index (Phi) is 5.40. The Labute approximate surface area is 144 Å². The average molecular weight is 337 g/mol. The molecule has 0 aromatic carbocycles. The van der Waals surface area contributed by atoms with Crippen LogP contribution in [0.2, 0.25) is 39.3 Å². The summed E-state index contributed by atoms with van der Waals surface area (Å²) in [5.74, 6) is 6.94. The normalized spacial score (nSPS) is 17.0. The fourth-order valence-electron chi connectivity index (χ4n) is 2.58. The quantitative estimate of drug-likeness (QED) is 0.396. The van der Waals surface area contributed by atoms with Crippen LogP contribution in [-0.2, 0) is 0 Å². The molecule has 2 heteroatoms. The van der Waals surface area contributed by atoms with Crippen LogP contribution in [0.25, 0.3) is 0 Å². The van der Waals surface area contributed by atoms with Gasteiger partial charge in [0, 0.05) is 5.57 Å². The second kappa shape index (κ2) is 6.95. The van der Waals surface area contributed by atoms with Gasteiger partial charge in [0.15, 0.2) is 0 Å². The molecule has 0 fully saturated rings. The lowest BCUT2D eigenvalue weighted by molar-refractivity contribution is 0.902. The number of rotatable bonds is 0. The maximum Gasteiger partial charge on any atom is 0.129 e. The van der Waals surface area contributed by atoms with Crippen LogP contribution < -0.4 is 0 Å². The molecule has 0 nitrogen and oxygen atoms in total. The van der Waals surface area contributed by atoms with E-state index in [0.29, 0.717) is 0 Å². The third-order valence-corrected chi connectivity index (χ3v) is 5.40. The van der Waals surface area contributed by atoms with Crippen molar-refractivity contribution >= 4 is 16.1 Å². The molecule has 0 bridgehead atoms.